The average molecular weight is 539 g/mol. The summed E-state index contributed by atoms with van der Waals surface area (Å²) in [5, 5.41) is 3.63. The zero-order valence-electron chi connectivity index (χ0n) is 19.7. The second-order valence-corrected chi connectivity index (χ2v) is 10.6. The minimum Gasteiger partial charge on any atom is -0.744 e. The Morgan fingerprint density at radius 2 is 0.914 bits per heavy atom. The third-order valence-electron chi connectivity index (χ3n) is 5.53. The van der Waals surface area contributed by atoms with E-state index in [1.165, 1.54) is 12.1 Å². The van der Waals surface area contributed by atoms with E-state index in [1.807, 2.05) is 62.4 Å². The van der Waals surface area contributed by atoms with E-state index in [9.17, 15) is 25.9 Å². The van der Waals surface area contributed by atoms with Gasteiger partial charge in [-0.25, -0.2) is 16.8 Å². The van der Waals surface area contributed by atoms with Gasteiger partial charge in [-0.3, -0.25) is 0 Å². The molecule has 0 bridgehead atoms. The first-order valence-electron chi connectivity index (χ1n) is 11.0. The number of aryl methyl sites for hydroxylation is 2. The molecule has 0 unspecified atom stereocenters. The van der Waals surface area contributed by atoms with E-state index in [0.717, 1.165) is 34.4 Å². The zero-order valence-corrected chi connectivity index (χ0v) is 23.6. The van der Waals surface area contributed by atoms with Crippen molar-refractivity contribution in [3.8, 4) is 0 Å². The Morgan fingerprint density at radius 1 is 0.571 bits per heavy atom. The molecule has 0 radical (unpaired) electrons. The number of rotatable bonds is 6. The summed E-state index contributed by atoms with van der Waals surface area (Å²) in [6.45, 7) is 3.92. The summed E-state index contributed by atoms with van der Waals surface area (Å²) in [5.74, 6) is 0. The predicted octanol–water partition coefficient (Wildman–Crippen LogP) is 5.01. The molecule has 0 aliphatic rings. The molecule has 35 heavy (non-hydrogen) atoms. The smallest absolute Gasteiger partial charge is 0.744 e. The van der Waals surface area contributed by atoms with E-state index in [2.05, 4.69) is 0 Å². The van der Waals surface area contributed by atoms with E-state index in [1.54, 1.807) is 12.1 Å². The van der Waals surface area contributed by atoms with E-state index in [4.69, 9.17) is 0 Å². The van der Waals surface area contributed by atoms with Gasteiger partial charge in [-0.15, -0.1) is 0 Å². The van der Waals surface area contributed by atoms with Crippen LogP contribution in [0.1, 0.15) is 37.8 Å². The van der Waals surface area contributed by atoms with Gasteiger partial charge in [0.2, 0.25) is 0 Å². The summed E-state index contributed by atoms with van der Waals surface area (Å²) in [6.07, 6.45) is 2.80. The van der Waals surface area contributed by atoms with Crippen molar-refractivity contribution < 1.29 is 25.9 Å². The van der Waals surface area contributed by atoms with Crippen LogP contribution in [0.5, 0.6) is 0 Å². The maximum Gasteiger partial charge on any atom is 2.00 e. The fraction of sp³-hybridized carbons (Fsp3) is 0.231. The standard InChI is InChI=1S/2C13H14O3S.Ca/c2*1-2-5-12-11-7-4-3-6-10(11)8-9-13(12)17(14,15)16;/h2*3-4,6-9H,2,5H2,1H3,(H,14,15,16);/q;;+2/p-2. The Morgan fingerprint density at radius 3 is 1.23 bits per heavy atom. The molecular weight excluding hydrogens is 512 g/mol. The minimum absolute atomic E-state index is 0. The van der Waals surface area contributed by atoms with Crippen molar-refractivity contribution in [3.05, 3.63) is 83.9 Å². The number of hydrogen-bond acceptors (Lipinski definition) is 6. The minimum atomic E-state index is -4.40. The van der Waals surface area contributed by atoms with Crippen LogP contribution in [0.15, 0.2) is 82.6 Å². The molecule has 9 heteroatoms. The molecule has 0 aliphatic heterocycles. The van der Waals surface area contributed by atoms with Gasteiger partial charge in [-0.1, -0.05) is 87.4 Å². The molecule has 4 aromatic carbocycles. The van der Waals surface area contributed by atoms with Crippen LogP contribution in [0.3, 0.4) is 0 Å². The summed E-state index contributed by atoms with van der Waals surface area (Å²) >= 11 is 0. The van der Waals surface area contributed by atoms with Gasteiger partial charge >= 0.3 is 37.7 Å². The largest absolute Gasteiger partial charge is 2.00 e. The second-order valence-electron chi connectivity index (χ2n) is 7.94. The van der Waals surface area contributed by atoms with Crippen molar-refractivity contribution in [2.45, 2.75) is 49.3 Å². The van der Waals surface area contributed by atoms with Crippen LogP contribution in [0.2, 0.25) is 0 Å². The van der Waals surface area contributed by atoms with Crippen molar-refractivity contribution in [1.29, 1.82) is 0 Å². The third kappa shape index (κ3) is 7.26. The van der Waals surface area contributed by atoms with E-state index in [0.29, 0.717) is 24.0 Å². The van der Waals surface area contributed by atoms with Crippen LogP contribution in [-0.4, -0.2) is 63.7 Å². The summed E-state index contributed by atoms with van der Waals surface area (Å²) < 4.78 is 67.3. The number of fused-ring (bicyclic) bond motifs is 2. The molecule has 0 amide bonds. The molecule has 6 nitrogen and oxygen atoms in total. The fourth-order valence-corrected chi connectivity index (χ4v) is 5.61. The summed E-state index contributed by atoms with van der Waals surface area (Å²) in [5.41, 5.74) is 1.28. The van der Waals surface area contributed by atoms with E-state index in [-0.39, 0.29) is 47.5 Å². The molecule has 0 aromatic heterocycles. The molecule has 0 saturated heterocycles. The molecule has 4 aromatic rings. The summed E-state index contributed by atoms with van der Waals surface area (Å²) in [7, 11) is -8.79. The maximum absolute atomic E-state index is 11.2. The second kappa shape index (κ2) is 12.6. The molecule has 0 N–H and O–H groups in total. The van der Waals surface area contributed by atoms with E-state index >= 15 is 0 Å². The van der Waals surface area contributed by atoms with Gasteiger partial charge in [0, 0.05) is 0 Å². The maximum atomic E-state index is 11.2. The van der Waals surface area contributed by atoms with Crippen molar-refractivity contribution in [3.63, 3.8) is 0 Å². The molecule has 0 aliphatic carbocycles. The van der Waals surface area contributed by atoms with Gasteiger partial charge < -0.3 is 9.11 Å². The monoisotopic (exact) mass is 538 g/mol. The number of hydrogen-bond donors (Lipinski definition) is 0. The van der Waals surface area contributed by atoms with Gasteiger partial charge in [0.1, 0.15) is 20.2 Å². The first-order chi connectivity index (χ1) is 16.1. The van der Waals surface area contributed by atoms with Gasteiger partial charge in [-0.05, 0) is 57.6 Å². The summed E-state index contributed by atoms with van der Waals surface area (Å²) in [4.78, 5) is -0.170. The van der Waals surface area contributed by atoms with Crippen LogP contribution in [0, 0.1) is 0 Å². The van der Waals surface area contributed by atoms with Crippen molar-refractivity contribution in [2.24, 2.45) is 0 Å². The predicted molar refractivity (Wildman–Crippen MR) is 138 cm³/mol. The van der Waals surface area contributed by atoms with E-state index < -0.39 is 20.2 Å². The van der Waals surface area contributed by atoms with Gasteiger partial charge in [-0.2, -0.15) is 0 Å². The molecule has 4 rings (SSSR count). The molecule has 0 saturated carbocycles. The average Bonchev–Trinajstić information content (AvgIpc) is 2.79. The molecule has 180 valence electrons. The van der Waals surface area contributed by atoms with Gasteiger partial charge in [0.15, 0.2) is 0 Å². The summed E-state index contributed by atoms with van der Waals surface area (Å²) in [6, 6.07) is 21.2. The molecule has 0 atom stereocenters. The van der Waals surface area contributed by atoms with Crippen molar-refractivity contribution >= 4 is 79.5 Å². The Hall–Kier alpha value is -1.52. The topological polar surface area (TPSA) is 114 Å². The van der Waals surface area contributed by atoms with Crippen LogP contribution in [-0.2, 0) is 33.1 Å². The number of benzene rings is 4. The van der Waals surface area contributed by atoms with Crippen LogP contribution in [0.25, 0.3) is 21.5 Å². The Balaban J connectivity index is 0.000000240. The third-order valence-corrected chi connectivity index (χ3v) is 7.38. The Bertz CT molecular complexity index is 1410. The fourth-order valence-electron chi connectivity index (χ4n) is 4.12. The zero-order chi connectivity index (χ0) is 24.9. The van der Waals surface area contributed by atoms with Crippen molar-refractivity contribution in [1.82, 2.24) is 0 Å². The van der Waals surface area contributed by atoms with Crippen LogP contribution in [0.4, 0.5) is 0 Å². The Labute approximate surface area is 236 Å². The van der Waals surface area contributed by atoms with Gasteiger partial charge in [0.25, 0.3) is 0 Å². The molecule has 0 heterocycles. The molecule has 0 fully saturated rings. The first-order valence-corrected chi connectivity index (χ1v) is 13.8. The SMILES string of the molecule is CCCc1c(S(=O)(=O)[O-])ccc2ccccc12.CCCc1c(S(=O)(=O)[O-])ccc2ccccc12.[Ca+2]. The van der Waals surface area contributed by atoms with Crippen LogP contribution < -0.4 is 0 Å². The quantitative estimate of drug-likeness (QED) is 0.252. The molecule has 0 spiro atoms. The first kappa shape index (κ1) is 29.7. The normalized spacial score (nSPS) is 11.5. The van der Waals surface area contributed by atoms with Crippen molar-refractivity contribution in [2.75, 3.05) is 0 Å². The van der Waals surface area contributed by atoms with Gasteiger partial charge in [0.05, 0.1) is 9.79 Å². The van der Waals surface area contributed by atoms with Crippen LogP contribution >= 0.6 is 0 Å². The molecular formula is C26H26CaO6S2. The Kier molecular flexibility index (Phi) is 10.7.